The highest BCUT2D eigenvalue weighted by atomic mass is 16.5. The fourth-order valence-electron chi connectivity index (χ4n) is 4.03. The molecule has 1 spiro atoms. The van der Waals surface area contributed by atoms with E-state index >= 15 is 0 Å². The largest absolute Gasteiger partial charge is 0.481 e. The van der Waals surface area contributed by atoms with E-state index in [0.29, 0.717) is 30.0 Å². The van der Waals surface area contributed by atoms with Crippen LogP contribution in [0.5, 0.6) is 11.8 Å². The first-order chi connectivity index (χ1) is 11.6. The summed E-state index contributed by atoms with van der Waals surface area (Å²) in [5.74, 6) is 1.94. The fraction of sp³-hybridized carbons (Fsp3) is 0.706. The van der Waals surface area contributed by atoms with Gasteiger partial charge in [0.05, 0.1) is 20.3 Å². The van der Waals surface area contributed by atoms with Crippen molar-refractivity contribution in [2.24, 2.45) is 0 Å². The summed E-state index contributed by atoms with van der Waals surface area (Å²) in [6, 6.07) is 1.68. The third-order valence-corrected chi connectivity index (χ3v) is 5.28. The summed E-state index contributed by atoms with van der Waals surface area (Å²) in [6.45, 7) is 4.58. The van der Waals surface area contributed by atoms with Crippen LogP contribution in [0.15, 0.2) is 6.07 Å². The Morgan fingerprint density at radius 1 is 1.12 bits per heavy atom. The summed E-state index contributed by atoms with van der Waals surface area (Å²) in [7, 11) is 3.18. The smallest absolute Gasteiger partial charge is 0.231 e. The lowest BCUT2D eigenvalue weighted by atomic mass is 9.88. The number of anilines is 1. The van der Waals surface area contributed by atoms with Crippen LogP contribution < -0.4 is 14.4 Å². The number of ether oxygens (including phenoxy) is 2. The third kappa shape index (κ3) is 2.99. The average Bonchev–Trinajstić information content (AvgIpc) is 2.78. The molecule has 7 nitrogen and oxygen atoms in total. The molecular weight excluding hydrogens is 308 g/mol. The number of nitrogens with zero attached hydrogens (tertiary/aromatic N) is 4. The van der Waals surface area contributed by atoms with Crippen molar-refractivity contribution in [1.29, 1.82) is 0 Å². The number of methoxy groups -OCH3 is 2. The topological polar surface area (TPSA) is 67.8 Å². The first-order valence-corrected chi connectivity index (χ1v) is 8.64. The molecule has 1 aromatic rings. The predicted octanol–water partition coefficient (Wildman–Crippen LogP) is 1.87. The van der Waals surface area contributed by atoms with Gasteiger partial charge in [0.2, 0.25) is 23.6 Å². The average molecular weight is 334 g/mol. The van der Waals surface area contributed by atoms with Crippen LogP contribution in [-0.4, -0.2) is 60.2 Å². The molecule has 1 atom stereocenters. The second-order valence-electron chi connectivity index (χ2n) is 6.46. The third-order valence-electron chi connectivity index (χ3n) is 5.28. The summed E-state index contributed by atoms with van der Waals surface area (Å²) in [5.41, 5.74) is 0.0174. The van der Waals surface area contributed by atoms with Crippen LogP contribution >= 0.6 is 0 Å². The van der Waals surface area contributed by atoms with Gasteiger partial charge in [-0.25, -0.2) is 0 Å². The van der Waals surface area contributed by atoms with Crippen molar-refractivity contribution < 1.29 is 14.3 Å². The van der Waals surface area contributed by atoms with Gasteiger partial charge >= 0.3 is 0 Å². The Bertz CT molecular complexity index is 587. The summed E-state index contributed by atoms with van der Waals surface area (Å²) in [6.07, 6.45) is 4.67. The van der Waals surface area contributed by atoms with Gasteiger partial charge in [0.15, 0.2) is 0 Å². The zero-order chi connectivity index (χ0) is 17.2. The van der Waals surface area contributed by atoms with Gasteiger partial charge < -0.3 is 19.3 Å². The zero-order valence-electron chi connectivity index (χ0n) is 14.7. The number of carbonyl (C=O) groups excluding carboxylic acids is 1. The fourth-order valence-corrected chi connectivity index (χ4v) is 4.03. The minimum absolute atomic E-state index is 0.0174. The molecule has 1 unspecified atom stereocenters. The van der Waals surface area contributed by atoms with E-state index < -0.39 is 0 Å². The van der Waals surface area contributed by atoms with E-state index in [-0.39, 0.29) is 5.54 Å². The summed E-state index contributed by atoms with van der Waals surface area (Å²) < 4.78 is 10.5. The summed E-state index contributed by atoms with van der Waals surface area (Å²) >= 11 is 0. The molecule has 0 aromatic carbocycles. The van der Waals surface area contributed by atoms with Crippen molar-refractivity contribution in [3.8, 4) is 11.8 Å². The molecular formula is C17H26N4O3. The van der Waals surface area contributed by atoms with Gasteiger partial charge in [-0.05, 0) is 32.6 Å². The van der Waals surface area contributed by atoms with Crippen molar-refractivity contribution >= 4 is 11.9 Å². The lowest BCUT2D eigenvalue weighted by Crippen LogP contribution is -2.46. The predicted molar refractivity (Wildman–Crippen MR) is 90.6 cm³/mol. The SMILES string of the molecule is CCN1C(=O)CCC12CCCN(c1nc(OC)cc(OC)n1)CC2. The zero-order valence-corrected chi connectivity index (χ0v) is 14.7. The number of carbonyl (C=O) groups is 1. The Labute approximate surface area is 143 Å². The number of rotatable bonds is 4. The van der Waals surface area contributed by atoms with Crippen molar-refractivity contribution in [3.05, 3.63) is 6.07 Å². The lowest BCUT2D eigenvalue weighted by molar-refractivity contribution is -0.131. The number of likely N-dealkylation sites (tertiary alicyclic amines) is 1. The Hall–Kier alpha value is -2.05. The van der Waals surface area contributed by atoms with Crippen molar-refractivity contribution in [2.45, 2.75) is 44.6 Å². The standard InChI is InChI=1S/C17H26N4O3/c1-4-21-15(22)6-8-17(21)7-5-10-20(11-9-17)16-18-13(23-2)12-14(19-16)24-3/h12H,4-11H2,1-3H3. The quantitative estimate of drug-likeness (QED) is 0.837. The van der Waals surface area contributed by atoms with E-state index in [9.17, 15) is 4.79 Å². The first-order valence-electron chi connectivity index (χ1n) is 8.64. The van der Waals surface area contributed by atoms with Gasteiger partial charge in [-0.15, -0.1) is 0 Å². The first kappa shape index (κ1) is 16.8. The molecule has 0 radical (unpaired) electrons. The van der Waals surface area contributed by atoms with Crippen LogP contribution in [0.1, 0.15) is 39.0 Å². The molecule has 2 saturated heterocycles. The van der Waals surface area contributed by atoms with E-state index in [1.807, 2.05) is 0 Å². The van der Waals surface area contributed by atoms with Gasteiger partial charge in [-0.2, -0.15) is 9.97 Å². The highest BCUT2D eigenvalue weighted by molar-refractivity contribution is 5.79. The van der Waals surface area contributed by atoms with Gasteiger partial charge in [-0.1, -0.05) is 0 Å². The molecule has 7 heteroatoms. The molecule has 1 aromatic heterocycles. The second kappa shape index (κ2) is 6.83. The number of hydrogen-bond acceptors (Lipinski definition) is 6. The number of amides is 1. The molecule has 0 saturated carbocycles. The summed E-state index contributed by atoms with van der Waals surface area (Å²) in [5, 5.41) is 0. The van der Waals surface area contributed by atoms with E-state index in [2.05, 4.69) is 26.7 Å². The molecule has 0 N–H and O–H groups in total. The minimum atomic E-state index is 0.0174. The van der Waals surface area contributed by atoms with E-state index in [0.717, 1.165) is 45.3 Å². The van der Waals surface area contributed by atoms with E-state index in [1.54, 1.807) is 20.3 Å². The molecule has 3 rings (SSSR count). The maximum atomic E-state index is 12.2. The Kier molecular flexibility index (Phi) is 4.78. The molecule has 2 aliphatic heterocycles. The normalized spacial score (nSPS) is 24.4. The van der Waals surface area contributed by atoms with Gasteiger partial charge in [0.1, 0.15) is 0 Å². The molecule has 132 valence electrons. The lowest BCUT2D eigenvalue weighted by Gasteiger charge is -2.37. The number of aromatic nitrogens is 2. The monoisotopic (exact) mass is 334 g/mol. The van der Waals surface area contributed by atoms with Crippen LogP contribution in [0, 0.1) is 0 Å². The van der Waals surface area contributed by atoms with Gasteiger partial charge in [-0.3, -0.25) is 4.79 Å². The van der Waals surface area contributed by atoms with Gasteiger partial charge in [0.25, 0.3) is 0 Å². The maximum absolute atomic E-state index is 12.2. The highest BCUT2D eigenvalue weighted by Gasteiger charge is 2.45. The molecule has 3 heterocycles. The van der Waals surface area contributed by atoms with Crippen LogP contribution in [0.4, 0.5) is 5.95 Å². The van der Waals surface area contributed by atoms with E-state index in [4.69, 9.17) is 9.47 Å². The molecule has 0 bridgehead atoms. The van der Waals surface area contributed by atoms with Crippen LogP contribution in [0.25, 0.3) is 0 Å². The molecule has 2 aliphatic rings. The van der Waals surface area contributed by atoms with Crippen LogP contribution in [-0.2, 0) is 4.79 Å². The van der Waals surface area contributed by atoms with Crippen LogP contribution in [0.2, 0.25) is 0 Å². The summed E-state index contributed by atoms with van der Waals surface area (Å²) in [4.78, 5) is 25.4. The van der Waals surface area contributed by atoms with Crippen LogP contribution in [0.3, 0.4) is 0 Å². The van der Waals surface area contributed by atoms with E-state index in [1.165, 1.54) is 0 Å². The highest BCUT2D eigenvalue weighted by Crippen LogP contribution is 2.39. The van der Waals surface area contributed by atoms with Crippen molar-refractivity contribution in [1.82, 2.24) is 14.9 Å². The molecule has 0 aliphatic carbocycles. The molecule has 2 fully saturated rings. The maximum Gasteiger partial charge on any atom is 0.231 e. The second-order valence-corrected chi connectivity index (χ2v) is 6.46. The van der Waals surface area contributed by atoms with Crippen molar-refractivity contribution in [2.75, 3.05) is 38.8 Å². The van der Waals surface area contributed by atoms with Gasteiger partial charge in [0, 0.05) is 31.6 Å². The number of hydrogen-bond donors (Lipinski definition) is 0. The Balaban J connectivity index is 1.80. The van der Waals surface area contributed by atoms with Crippen molar-refractivity contribution in [3.63, 3.8) is 0 Å². The Morgan fingerprint density at radius 3 is 2.46 bits per heavy atom. The molecule has 24 heavy (non-hydrogen) atoms. The Morgan fingerprint density at radius 2 is 1.83 bits per heavy atom. The minimum Gasteiger partial charge on any atom is -0.481 e. The molecule has 1 amide bonds.